The van der Waals surface area contributed by atoms with Crippen molar-refractivity contribution in [2.45, 2.75) is 91.0 Å². The summed E-state index contributed by atoms with van der Waals surface area (Å²) in [6.07, 6.45) is 2.39. The van der Waals surface area contributed by atoms with E-state index in [2.05, 4.69) is 15.5 Å². The second kappa shape index (κ2) is 18.2. The molecule has 5 atom stereocenters. The van der Waals surface area contributed by atoms with Gasteiger partial charge in [-0.15, -0.1) is 0 Å². The molecule has 288 valence electrons. The highest BCUT2D eigenvalue weighted by Gasteiger charge is 2.47. The van der Waals surface area contributed by atoms with Gasteiger partial charge in [-0.25, -0.2) is 8.78 Å². The summed E-state index contributed by atoms with van der Waals surface area (Å²) in [6.45, 7) is 11.8. The second-order valence-corrected chi connectivity index (χ2v) is 15.7. The third-order valence-electron chi connectivity index (χ3n) is 11.9. The Morgan fingerprint density at radius 2 is 1.64 bits per heavy atom. The summed E-state index contributed by atoms with van der Waals surface area (Å²) in [7, 11) is 0. The van der Waals surface area contributed by atoms with E-state index in [0.717, 1.165) is 29.8 Å². The largest absolute Gasteiger partial charge is 0.379 e. The maximum atomic E-state index is 14.9. The normalized spacial score (nSPS) is 20.9. The van der Waals surface area contributed by atoms with Gasteiger partial charge in [0.2, 0.25) is 11.8 Å². The Morgan fingerprint density at radius 3 is 2.32 bits per heavy atom. The number of carbonyl (C=O) groups is 4. The number of carbonyl (C=O) groups excluding carboxylic acids is 4. The van der Waals surface area contributed by atoms with E-state index in [4.69, 9.17) is 16.3 Å². The van der Waals surface area contributed by atoms with Gasteiger partial charge in [0.25, 0.3) is 0 Å². The fraction of sp³-hybridized carbons (Fsp3) is 0.571. The smallest absolute Gasteiger partial charge is 0.224 e. The predicted molar refractivity (Wildman–Crippen MR) is 202 cm³/mol. The zero-order chi connectivity index (χ0) is 38.3. The molecule has 0 bridgehead atoms. The molecule has 0 aromatic heterocycles. The zero-order valence-corrected chi connectivity index (χ0v) is 32.3. The van der Waals surface area contributed by atoms with E-state index in [9.17, 15) is 28.0 Å². The van der Waals surface area contributed by atoms with Crippen molar-refractivity contribution in [1.82, 2.24) is 15.5 Å². The number of nitrogens with zero attached hydrogens (tertiary/aromatic N) is 1. The van der Waals surface area contributed by atoms with Gasteiger partial charge in [-0.1, -0.05) is 75.9 Å². The van der Waals surface area contributed by atoms with Gasteiger partial charge in [0.15, 0.2) is 5.78 Å². The van der Waals surface area contributed by atoms with Crippen LogP contribution >= 0.6 is 11.6 Å². The first-order valence-corrected chi connectivity index (χ1v) is 19.6. The average molecular weight is 754 g/mol. The van der Waals surface area contributed by atoms with Crippen molar-refractivity contribution in [3.8, 4) is 0 Å². The van der Waals surface area contributed by atoms with Crippen LogP contribution < -0.4 is 10.6 Å². The topological polar surface area (TPSA) is 105 Å². The molecule has 1 heterocycles. The van der Waals surface area contributed by atoms with Crippen LogP contribution in [-0.4, -0.2) is 73.2 Å². The number of morpholine rings is 1. The van der Waals surface area contributed by atoms with Gasteiger partial charge in [-0.05, 0) is 71.6 Å². The quantitative estimate of drug-likeness (QED) is 0.182. The van der Waals surface area contributed by atoms with E-state index >= 15 is 0 Å². The molecule has 0 spiro atoms. The van der Waals surface area contributed by atoms with E-state index in [1.54, 1.807) is 18.2 Å². The van der Waals surface area contributed by atoms with Crippen molar-refractivity contribution in [3.05, 3.63) is 75.3 Å². The third-order valence-corrected chi connectivity index (χ3v) is 12.2. The molecule has 3 aliphatic rings. The molecule has 1 fully saturated rings. The minimum Gasteiger partial charge on any atom is -0.379 e. The molecule has 5 rings (SSSR count). The average Bonchev–Trinajstić information content (AvgIpc) is 3.51. The van der Waals surface area contributed by atoms with Crippen molar-refractivity contribution < 1.29 is 32.7 Å². The molecule has 53 heavy (non-hydrogen) atoms. The number of benzene rings is 2. The highest BCUT2D eigenvalue weighted by atomic mass is 35.5. The summed E-state index contributed by atoms with van der Waals surface area (Å²) >= 11 is 6.50. The fourth-order valence-electron chi connectivity index (χ4n) is 8.05. The van der Waals surface area contributed by atoms with Crippen LogP contribution in [0.3, 0.4) is 0 Å². The van der Waals surface area contributed by atoms with Gasteiger partial charge in [-0.2, -0.15) is 0 Å². The second-order valence-electron chi connectivity index (χ2n) is 15.3. The summed E-state index contributed by atoms with van der Waals surface area (Å²) in [5.74, 6) is -3.84. The van der Waals surface area contributed by atoms with E-state index in [0.29, 0.717) is 69.0 Å². The van der Waals surface area contributed by atoms with Crippen LogP contribution in [0.5, 0.6) is 0 Å². The monoisotopic (exact) mass is 753 g/mol. The van der Waals surface area contributed by atoms with E-state index < -0.39 is 34.9 Å². The van der Waals surface area contributed by atoms with Crippen LogP contribution in [0.2, 0.25) is 5.02 Å². The standard InChI is InChI=1S/C42H54ClF2N3O5/c1-5-26(3)32(23-31(49)19-29-9-7-8-10-38(29)45)41(52)47-42(12-11-28-20-35-34(36(28)25-42)21-30(44)22-37(35)43)39(50)24-33(27(4)6-2)40(51)46-13-14-48-15-17-53-18-16-48/h7-10,21-22,26-27,32-33H,5-6,11-20,23-25H2,1-4H3,(H,46,51)(H,47,52)/t26?,27?,32-,33-,42+/m0/s1. The molecule has 8 nitrogen and oxygen atoms in total. The number of halogens is 3. The first-order valence-electron chi connectivity index (χ1n) is 19.2. The van der Waals surface area contributed by atoms with E-state index in [-0.39, 0.29) is 60.6 Å². The predicted octanol–water partition coefficient (Wildman–Crippen LogP) is 6.90. The van der Waals surface area contributed by atoms with Gasteiger partial charge in [0.05, 0.1) is 13.2 Å². The lowest BCUT2D eigenvalue weighted by Gasteiger charge is -2.40. The van der Waals surface area contributed by atoms with Crippen LogP contribution in [0.4, 0.5) is 8.78 Å². The Hall–Kier alpha value is -3.47. The molecule has 0 saturated carbocycles. The maximum Gasteiger partial charge on any atom is 0.224 e. The van der Waals surface area contributed by atoms with E-state index in [1.807, 2.05) is 27.7 Å². The number of ketones is 2. The highest BCUT2D eigenvalue weighted by molar-refractivity contribution is 6.31. The highest BCUT2D eigenvalue weighted by Crippen LogP contribution is 2.48. The Balaban J connectivity index is 1.41. The third kappa shape index (κ3) is 9.80. The molecule has 1 saturated heterocycles. The van der Waals surface area contributed by atoms with Crippen molar-refractivity contribution in [3.63, 3.8) is 0 Å². The van der Waals surface area contributed by atoms with Crippen molar-refractivity contribution >= 4 is 40.6 Å². The van der Waals surface area contributed by atoms with Crippen molar-refractivity contribution in [1.29, 1.82) is 0 Å². The van der Waals surface area contributed by atoms with Crippen LogP contribution in [-0.2, 0) is 36.8 Å². The van der Waals surface area contributed by atoms with Gasteiger partial charge >= 0.3 is 0 Å². The number of allylic oxidation sites excluding steroid dienone is 1. The molecular formula is C42H54ClF2N3O5. The van der Waals surface area contributed by atoms with Gasteiger partial charge in [0, 0.05) is 68.7 Å². The van der Waals surface area contributed by atoms with Crippen LogP contribution in [0.15, 0.2) is 42.0 Å². The summed E-state index contributed by atoms with van der Waals surface area (Å²) in [5.41, 5.74) is 2.19. The Morgan fingerprint density at radius 1 is 0.962 bits per heavy atom. The van der Waals surface area contributed by atoms with Gasteiger partial charge in [0.1, 0.15) is 23.0 Å². The lowest BCUT2D eigenvalue weighted by Crippen LogP contribution is -2.58. The lowest BCUT2D eigenvalue weighted by atomic mass is 9.71. The first kappa shape index (κ1) is 40.7. The number of fused-ring (bicyclic) bond motifs is 2. The summed E-state index contributed by atoms with van der Waals surface area (Å²) in [5, 5.41) is 6.55. The van der Waals surface area contributed by atoms with Gasteiger partial charge in [-0.3, -0.25) is 24.1 Å². The Labute approximate surface area is 317 Å². The summed E-state index contributed by atoms with van der Waals surface area (Å²) in [4.78, 5) is 58.6. The molecule has 2 N–H and O–H groups in total. The van der Waals surface area contributed by atoms with Crippen LogP contribution in [0, 0.1) is 35.3 Å². The molecule has 2 aliphatic carbocycles. The minimum absolute atomic E-state index is 0.0851. The molecule has 11 heteroatoms. The number of hydrogen-bond acceptors (Lipinski definition) is 6. The number of rotatable bonds is 17. The van der Waals surface area contributed by atoms with Gasteiger partial charge < -0.3 is 15.4 Å². The first-order chi connectivity index (χ1) is 25.3. The maximum absolute atomic E-state index is 14.9. The number of amides is 2. The number of hydrogen-bond donors (Lipinski definition) is 2. The van der Waals surface area contributed by atoms with Crippen LogP contribution in [0.25, 0.3) is 5.57 Å². The zero-order valence-electron chi connectivity index (χ0n) is 31.5. The number of Topliss-reactive ketones (excluding diaryl/α,β-unsaturated/α-hetero) is 2. The fourth-order valence-corrected chi connectivity index (χ4v) is 8.33. The molecule has 2 unspecified atom stereocenters. The summed E-state index contributed by atoms with van der Waals surface area (Å²) in [6, 6.07) is 8.84. The lowest BCUT2D eigenvalue weighted by molar-refractivity contribution is -0.139. The van der Waals surface area contributed by atoms with Crippen molar-refractivity contribution in [2.24, 2.45) is 23.7 Å². The summed E-state index contributed by atoms with van der Waals surface area (Å²) < 4.78 is 34.6. The number of ether oxygens (including phenoxy) is 1. The molecule has 2 amide bonds. The SMILES string of the molecule is CCC(C)[C@H](CC(=O)[C@@]1(NC(=O)[C@@H](CC(=O)Cc2ccccc2F)C(C)CC)CCC2=C(C1)c1cc(F)cc(Cl)c1C2)C(=O)NCCN1CCOCC1. The van der Waals surface area contributed by atoms with Crippen LogP contribution in [0.1, 0.15) is 89.3 Å². The number of nitrogens with one attached hydrogen (secondary N) is 2. The molecule has 2 aromatic rings. The Bertz CT molecular complexity index is 1710. The molecule has 2 aromatic carbocycles. The van der Waals surface area contributed by atoms with Crippen molar-refractivity contribution in [2.75, 3.05) is 39.4 Å². The minimum atomic E-state index is -1.39. The molecule has 0 radical (unpaired) electrons. The Kier molecular flexibility index (Phi) is 14.0. The molecule has 1 aliphatic heterocycles. The molecular weight excluding hydrogens is 700 g/mol. The van der Waals surface area contributed by atoms with E-state index in [1.165, 1.54) is 18.2 Å².